The molecule has 0 spiro atoms. The monoisotopic (exact) mass is 310 g/mol. The van der Waals surface area contributed by atoms with Crippen molar-refractivity contribution < 1.29 is 0 Å². The van der Waals surface area contributed by atoms with Gasteiger partial charge in [0.25, 0.3) is 5.56 Å². The molecular formula is C15H23ClN4O. The summed E-state index contributed by atoms with van der Waals surface area (Å²) in [5.74, 6) is 0.605. The standard InChI is InChI=1S/C15H23ClN4O/c1-10-3-2-4-12(7-17)20(10)14-13(16)8-18-19(15(14)21)9-11-5-6-11/h8,10-12H,2-7,9,17H2,1H3. The largest absolute Gasteiger partial charge is 0.359 e. The van der Waals surface area contributed by atoms with E-state index in [9.17, 15) is 4.79 Å². The highest BCUT2D eigenvalue weighted by Crippen LogP contribution is 2.32. The number of aromatic nitrogens is 2. The van der Waals surface area contributed by atoms with Crippen LogP contribution in [0.4, 0.5) is 5.69 Å². The van der Waals surface area contributed by atoms with Gasteiger partial charge in [0.05, 0.1) is 11.2 Å². The summed E-state index contributed by atoms with van der Waals surface area (Å²) in [7, 11) is 0. The number of anilines is 1. The molecule has 2 unspecified atom stereocenters. The zero-order chi connectivity index (χ0) is 15.0. The molecule has 116 valence electrons. The minimum atomic E-state index is -0.0680. The fourth-order valence-corrected chi connectivity index (χ4v) is 3.51. The highest BCUT2D eigenvalue weighted by Gasteiger charge is 2.32. The maximum absolute atomic E-state index is 12.8. The zero-order valence-corrected chi connectivity index (χ0v) is 13.2. The van der Waals surface area contributed by atoms with Crippen LogP contribution in [0.25, 0.3) is 0 Å². The number of hydrogen-bond acceptors (Lipinski definition) is 4. The van der Waals surface area contributed by atoms with Crippen molar-refractivity contribution in [2.75, 3.05) is 11.4 Å². The number of rotatable bonds is 4. The van der Waals surface area contributed by atoms with Crippen LogP contribution in [0.5, 0.6) is 0 Å². The van der Waals surface area contributed by atoms with Gasteiger partial charge in [-0.05, 0) is 44.9 Å². The Hall–Kier alpha value is -1.07. The highest BCUT2D eigenvalue weighted by atomic mass is 35.5. The number of piperidine rings is 1. The van der Waals surface area contributed by atoms with Gasteiger partial charge in [-0.3, -0.25) is 4.79 Å². The lowest BCUT2D eigenvalue weighted by Gasteiger charge is -2.41. The molecule has 3 rings (SSSR count). The molecule has 2 heterocycles. The Morgan fingerprint density at radius 1 is 1.38 bits per heavy atom. The number of halogens is 1. The number of hydrogen-bond donors (Lipinski definition) is 1. The van der Waals surface area contributed by atoms with Crippen LogP contribution in [0.2, 0.25) is 5.02 Å². The maximum Gasteiger partial charge on any atom is 0.291 e. The third-order valence-electron chi connectivity index (χ3n) is 4.66. The van der Waals surface area contributed by atoms with Crippen molar-refractivity contribution in [1.82, 2.24) is 9.78 Å². The molecular weight excluding hydrogens is 288 g/mol. The van der Waals surface area contributed by atoms with Gasteiger partial charge in [-0.15, -0.1) is 0 Å². The molecule has 2 atom stereocenters. The Morgan fingerprint density at radius 3 is 2.81 bits per heavy atom. The predicted octanol–water partition coefficient (Wildman–Crippen LogP) is 2.01. The van der Waals surface area contributed by atoms with Crippen molar-refractivity contribution in [1.29, 1.82) is 0 Å². The van der Waals surface area contributed by atoms with E-state index in [2.05, 4.69) is 16.9 Å². The molecule has 1 aliphatic heterocycles. The van der Waals surface area contributed by atoms with Gasteiger partial charge in [-0.2, -0.15) is 5.10 Å². The summed E-state index contributed by atoms with van der Waals surface area (Å²) in [4.78, 5) is 14.9. The van der Waals surface area contributed by atoms with Gasteiger partial charge < -0.3 is 10.6 Å². The van der Waals surface area contributed by atoms with Crippen molar-refractivity contribution in [3.63, 3.8) is 0 Å². The summed E-state index contributed by atoms with van der Waals surface area (Å²) < 4.78 is 1.58. The number of nitrogens with zero attached hydrogens (tertiary/aromatic N) is 3. The minimum absolute atomic E-state index is 0.0680. The molecule has 2 aliphatic rings. The van der Waals surface area contributed by atoms with E-state index in [0.717, 1.165) is 19.3 Å². The Morgan fingerprint density at radius 2 is 2.14 bits per heavy atom. The molecule has 0 amide bonds. The van der Waals surface area contributed by atoms with Crippen LogP contribution >= 0.6 is 11.6 Å². The van der Waals surface area contributed by atoms with Crippen LogP contribution in [-0.2, 0) is 6.54 Å². The van der Waals surface area contributed by atoms with E-state index in [1.165, 1.54) is 12.8 Å². The van der Waals surface area contributed by atoms with Gasteiger partial charge in [0.1, 0.15) is 5.69 Å². The van der Waals surface area contributed by atoms with E-state index in [1.54, 1.807) is 10.9 Å². The second-order valence-electron chi connectivity index (χ2n) is 6.35. The van der Waals surface area contributed by atoms with Gasteiger partial charge in [-0.25, -0.2) is 4.68 Å². The average molecular weight is 311 g/mol. The smallest absolute Gasteiger partial charge is 0.291 e. The van der Waals surface area contributed by atoms with Gasteiger partial charge in [-0.1, -0.05) is 11.6 Å². The second-order valence-corrected chi connectivity index (χ2v) is 6.76. The third kappa shape index (κ3) is 2.94. The van der Waals surface area contributed by atoms with Crippen molar-refractivity contribution in [2.24, 2.45) is 11.7 Å². The Balaban J connectivity index is 2.00. The average Bonchev–Trinajstić information content (AvgIpc) is 3.28. The molecule has 0 radical (unpaired) electrons. The summed E-state index contributed by atoms with van der Waals surface area (Å²) in [6, 6.07) is 0.477. The Kier molecular flexibility index (Phi) is 4.22. The molecule has 2 N–H and O–H groups in total. The lowest BCUT2D eigenvalue weighted by molar-refractivity contribution is 0.397. The Bertz CT molecular complexity index is 569. The van der Waals surface area contributed by atoms with Crippen LogP contribution in [0.15, 0.2) is 11.0 Å². The van der Waals surface area contributed by atoms with Crippen molar-refractivity contribution in [3.05, 3.63) is 21.6 Å². The molecule has 1 aromatic rings. The molecule has 0 bridgehead atoms. The predicted molar refractivity (Wildman–Crippen MR) is 84.9 cm³/mol. The van der Waals surface area contributed by atoms with Crippen LogP contribution in [0.3, 0.4) is 0 Å². The van der Waals surface area contributed by atoms with Crippen molar-refractivity contribution in [2.45, 2.75) is 57.7 Å². The molecule has 1 saturated carbocycles. The molecule has 21 heavy (non-hydrogen) atoms. The van der Waals surface area contributed by atoms with Crippen molar-refractivity contribution in [3.8, 4) is 0 Å². The van der Waals surface area contributed by atoms with Crippen LogP contribution in [0.1, 0.15) is 39.0 Å². The fourth-order valence-electron chi connectivity index (χ4n) is 3.29. The Labute approximate surface area is 130 Å². The van der Waals surface area contributed by atoms with Crippen LogP contribution < -0.4 is 16.2 Å². The van der Waals surface area contributed by atoms with E-state index >= 15 is 0 Å². The van der Waals surface area contributed by atoms with Gasteiger partial charge >= 0.3 is 0 Å². The first-order valence-corrected chi connectivity index (χ1v) is 8.23. The first-order chi connectivity index (χ1) is 10.1. The molecule has 1 saturated heterocycles. The van der Waals surface area contributed by atoms with E-state index in [0.29, 0.717) is 29.7 Å². The SMILES string of the molecule is CC1CCCC(CN)N1c1c(Cl)cnn(CC2CC2)c1=O. The maximum atomic E-state index is 12.8. The third-order valence-corrected chi connectivity index (χ3v) is 4.94. The first kappa shape index (κ1) is 14.9. The summed E-state index contributed by atoms with van der Waals surface area (Å²) in [6.07, 6.45) is 7.22. The fraction of sp³-hybridized carbons (Fsp3) is 0.733. The molecule has 1 aromatic heterocycles. The topological polar surface area (TPSA) is 64.2 Å². The highest BCUT2D eigenvalue weighted by molar-refractivity contribution is 6.33. The summed E-state index contributed by atoms with van der Waals surface area (Å²) in [6.45, 7) is 3.40. The van der Waals surface area contributed by atoms with E-state index in [-0.39, 0.29) is 17.6 Å². The lowest BCUT2D eigenvalue weighted by atomic mass is 9.96. The number of nitrogens with two attached hydrogens (primary N) is 1. The molecule has 0 aromatic carbocycles. The van der Waals surface area contributed by atoms with Crippen LogP contribution in [0, 0.1) is 5.92 Å². The lowest BCUT2D eigenvalue weighted by Crippen LogP contribution is -2.51. The summed E-state index contributed by atoms with van der Waals surface area (Å²) in [5, 5.41) is 4.65. The molecule has 6 heteroatoms. The van der Waals surface area contributed by atoms with E-state index < -0.39 is 0 Å². The van der Waals surface area contributed by atoms with Crippen LogP contribution in [-0.4, -0.2) is 28.4 Å². The summed E-state index contributed by atoms with van der Waals surface area (Å²) in [5.41, 5.74) is 6.44. The second kappa shape index (κ2) is 5.97. The zero-order valence-electron chi connectivity index (χ0n) is 12.5. The van der Waals surface area contributed by atoms with Crippen molar-refractivity contribution >= 4 is 17.3 Å². The van der Waals surface area contributed by atoms with Gasteiger partial charge in [0, 0.05) is 25.2 Å². The summed E-state index contributed by atoms with van der Waals surface area (Å²) >= 11 is 6.32. The van der Waals surface area contributed by atoms with E-state index in [1.807, 2.05) is 0 Å². The molecule has 1 aliphatic carbocycles. The molecule has 5 nitrogen and oxygen atoms in total. The quantitative estimate of drug-likeness (QED) is 0.924. The van der Waals surface area contributed by atoms with Gasteiger partial charge in [0.15, 0.2) is 0 Å². The van der Waals surface area contributed by atoms with E-state index in [4.69, 9.17) is 17.3 Å². The molecule has 2 fully saturated rings. The normalized spacial score (nSPS) is 26.1. The minimum Gasteiger partial charge on any atom is -0.359 e. The first-order valence-electron chi connectivity index (χ1n) is 7.85. The van der Waals surface area contributed by atoms with Gasteiger partial charge in [0.2, 0.25) is 0 Å².